The summed E-state index contributed by atoms with van der Waals surface area (Å²) in [4.78, 5) is 21.8. The third-order valence-corrected chi connectivity index (χ3v) is 6.18. The molecule has 1 aromatic heterocycles. The quantitative estimate of drug-likeness (QED) is 0.538. The number of pyridine rings is 1. The third-order valence-electron chi connectivity index (χ3n) is 6.18. The lowest BCUT2D eigenvalue weighted by molar-refractivity contribution is 0.0596. The topological polar surface area (TPSA) is 76.2 Å². The number of amides is 1. The van der Waals surface area contributed by atoms with Gasteiger partial charge < -0.3 is 24.4 Å². The Labute approximate surface area is 202 Å². The Bertz CT molecular complexity index is 925. The first-order valence-electron chi connectivity index (χ1n) is 12.4. The van der Waals surface area contributed by atoms with Crippen LogP contribution in [0.4, 0.5) is 0 Å². The predicted molar refractivity (Wildman–Crippen MR) is 131 cm³/mol. The molecule has 1 amide bonds. The molecular weight excluding hydrogens is 432 g/mol. The zero-order chi connectivity index (χ0) is 23.6. The van der Waals surface area contributed by atoms with Gasteiger partial charge in [0.15, 0.2) is 11.5 Å². The molecule has 8 nitrogen and oxygen atoms in total. The number of nitrogens with zero attached hydrogens (tertiary/aromatic N) is 3. The van der Waals surface area contributed by atoms with E-state index in [0.717, 1.165) is 70.0 Å². The molecule has 0 saturated carbocycles. The van der Waals surface area contributed by atoms with E-state index < -0.39 is 0 Å². The third kappa shape index (κ3) is 6.84. The number of nitrogens with one attached hydrogen (secondary N) is 1. The fourth-order valence-electron chi connectivity index (χ4n) is 4.29. The van der Waals surface area contributed by atoms with E-state index in [9.17, 15) is 4.79 Å². The zero-order valence-electron chi connectivity index (χ0n) is 20.1. The van der Waals surface area contributed by atoms with Gasteiger partial charge in [0.1, 0.15) is 18.3 Å². The molecule has 2 aliphatic heterocycles. The number of carbonyl (C=O) groups excluding carboxylic acids is 1. The zero-order valence-corrected chi connectivity index (χ0v) is 20.1. The highest BCUT2D eigenvalue weighted by molar-refractivity contribution is 5.96. The van der Waals surface area contributed by atoms with Gasteiger partial charge in [-0.25, -0.2) is 4.98 Å². The Balaban J connectivity index is 1.18. The first-order chi connectivity index (χ1) is 16.7. The number of unbranched alkanes of at least 4 members (excludes halogenated alkanes) is 1. The summed E-state index contributed by atoms with van der Waals surface area (Å²) in [5, 5.41) is 3.03. The maximum atomic E-state index is 12.7. The molecule has 4 rings (SSSR count). The minimum atomic E-state index is -0.134. The maximum Gasteiger partial charge on any atom is 0.256 e. The minimum Gasteiger partial charge on any atom is -0.486 e. The van der Waals surface area contributed by atoms with Crippen LogP contribution in [0.5, 0.6) is 17.4 Å². The molecule has 8 heteroatoms. The van der Waals surface area contributed by atoms with Gasteiger partial charge in [0, 0.05) is 38.9 Å². The van der Waals surface area contributed by atoms with Crippen molar-refractivity contribution in [2.24, 2.45) is 0 Å². The van der Waals surface area contributed by atoms with E-state index in [0.29, 0.717) is 31.2 Å². The Kier molecular flexibility index (Phi) is 8.98. The van der Waals surface area contributed by atoms with Crippen LogP contribution in [0.3, 0.4) is 0 Å². The van der Waals surface area contributed by atoms with Crippen LogP contribution in [-0.2, 0) is 0 Å². The molecule has 1 unspecified atom stereocenters. The summed E-state index contributed by atoms with van der Waals surface area (Å²) in [6.07, 6.45) is 4.78. The Morgan fingerprint density at radius 2 is 1.94 bits per heavy atom. The number of fused-ring (bicyclic) bond motifs is 1. The lowest BCUT2D eigenvalue weighted by Gasteiger charge is -2.30. The van der Waals surface area contributed by atoms with Crippen LogP contribution in [0.25, 0.3) is 0 Å². The van der Waals surface area contributed by atoms with Crippen LogP contribution in [-0.4, -0.2) is 85.8 Å². The van der Waals surface area contributed by atoms with E-state index in [1.54, 1.807) is 18.3 Å². The van der Waals surface area contributed by atoms with Crippen LogP contribution in [0.15, 0.2) is 42.6 Å². The van der Waals surface area contributed by atoms with Gasteiger partial charge in [0.05, 0.1) is 6.61 Å². The number of aromatic nitrogens is 1. The van der Waals surface area contributed by atoms with Gasteiger partial charge >= 0.3 is 0 Å². The van der Waals surface area contributed by atoms with Crippen molar-refractivity contribution in [2.45, 2.75) is 32.3 Å². The number of hydrogen-bond donors (Lipinski definition) is 1. The second kappa shape index (κ2) is 12.6. The van der Waals surface area contributed by atoms with Gasteiger partial charge in [-0.15, -0.1) is 0 Å². The fraction of sp³-hybridized carbons (Fsp3) is 0.538. The Morgan fingerprint density at radius 1 is 1.12 bits per heavy atom. The van der Waals surface area contributed by atoms with E-state index >= 15 is 0 Å². The molecule has 1 aromatic carbocycles. The highest BCUT2D eigenvalue weighted by atomic mass is 16.6. The summed E-state index contributed by atoms with van der Waals surface area (Å²) >= 11 is 0. The van der Waals surface area contributed by atoms with E-state index in [2.05, 4.69) is 27.0 Å². The first kappa shape index (κ1) is 24.3. The summed E-state index contributed by atoms with van der Waals surface area (Å²) in [5.74, 6) is 1.94. The SMILES string of the molecule is CCCCOc1ncccc1C(=O)NCCN1CCCN(CC2COc3ccccc3O2)CC1. The highest BCUT2D eigenvalue weighted by Crippen LogP contribution is 2.31. The van der Waals surface area contributed by atoms with Gasteiger partial charge in [-0.1, -0.05) is 25.5 Å². The molecule has 0 radical (unpaired) electrons. The summed E-state index contributed by atoms with van der Waals surface area (Å²) in [5.41, 5.74) is 0.497. The second-order valence-corrected chi connectivity index (χ2v) is 8.81. The molecule has 0 bridgehead atoms. The van der Waals surface area contributed by atoms with Crippen molar-refractivity contribution in [1.29, 1.82) is 0 Å². The smallest absolute Gasteiger partial charge is 0.256 e. The minimum absolute atomic E-state index is 0.0500. The van der Waals surface area contributed by atoms with Crippen LogP contribution < -0.4 is 19.5 Å². The van der Waals surface area contributed by atoms with Crippen molar-refractivity contribution in [3.63, 3.8) is 0 Å². The van der Waals surface area contributed by atoms with E-state index in [1.807, 2.05) is 24.3 Å². The van der Waals surface area contributed by atoms with Gasteiger partial charge in [-0.2, -0.15) is 0 Å². The van der Waals surface area contributed by atoms with E-state index in [-0.39, 0.29) is 12.0 Å². The average Bonchev–Trinajstić information content (AvgIpc) is 3.09. The average molecular weight is 469 g/mol. The standard InChI is InChI=1S/C26H36N4O4/c1-2-3-18-32-26-22(8-6-11-28-26)25(31)27-12-15-29-13-7-14-30(17-16-29)19-21-20-33-23-9-4-5-10-24(23)34-21/h4-6,8-11,21H,2-3,7,12-20H2,1H3,(H,27,31). The van der Waals surface area contributed by atoms with Crippen LogP contribution in [0.1, 0.15) is 36.5 Å². The molecule has 184 valence electrons. The van der Waals surface area contributed by atoms with Gasteiger partial charge in [0.25, 0.3) is 5.91 Å². The number of benzene rings is 1. The Morgan fingerprint density at radius 3 is 2.82 bits per heavy atom. The van der Waals surface area contributed by atoms with Crippen LogP contribution >= 0.6 is 0 Å². The lowest BCUT2D eigenvalue weighted by atomic mass is 10.2. The highest BCUT2D eigenvalue weighted by Gasteiger charge is 2.24. The molecule has 0 spiro atoms. The molecule has 3 heterocycles. The van der Waals surface area contributed by atoms with Crippen molar-refractivity contribution in [3.05, 3.63) is 48.2 Å². The number of carbonyl (C=O) groups is 1. The van der Waals surface area contributed by atoms with Gasteiger partial charge in [0.2, 0.25) is 5.88 Å². The fourth-order valence-corrected chi connectivity index (χ4v) is 4.29. The largest absolute Gasteiger partial charge is 0.486 e. The lowest BCUT2D eigenvalue weighted by Crippen LogP contribution is -2.42. The summed E-state index contributed by atoms with van der Waals surface area (Å²) in [7, 11) is 0. The van der Waals surface area contributed by atoms with Crippen LogP contribution in [0, 0.1) is 0 Å². The number of para-hydroxylation sites is 2. The van der Waals surface area contributed by atoms with Crippen molar-refractivity contribution in [3.8, 4) is 17.4 Å². The van der Waals surface area contributed by atoms with Crippen molar-refractivity contribution < 1.29 is 19.0 Å². The summed E-state index contributed by atoms with van der Waals surface area (Å²) < 4.78 is 17.7. The number of hydrogen-bond acceptors (Lipinski definition) is 7. The molecule has 1 atom stereocenters. The number of rotatable bonds is 10. The van der Waals surface area contributed by atoms with Crippen molar-refractivity contribution in [1.82, 2.24) is 20.1 Å². The monoisotopic (exact) mass is 468 g/mol. The molecule has 1 N–H and O–H groups in total. The molecule has 1 fully saturated rings. The molecule has 1 saturated heterocycles. The second-order valence-electron chi connectivity index (χ2n) is 8.81. The van der Waals surface area contributed by atoms with Crippen molar-refractivity contribution in [2.75, 3.05) is 59.0 Å². The van der Waals surface area contributed by atoms with E-state index in [1.165, 1.54) is 0 Å². The first-order valence-corrected chi connectivity index (χ1v) is 12.4. The van der Waals surface area contributed by atoms with Crippen molar-refractivity contribution >= 4 is 5.91 Å². The molecule has 2 aromatic rings. The molecule has 2 aliphatic rings. The molecule has 0 aliphatic carbocycles. The molecule has 34 heavy (non-hydrogen) atoms. The number of ether oxygens (including phenoxy) is 3. The van der Waals surface area contributed by atoms with Gasteiger partial charge in [-0.05, 0) is 50.2 Å². The maximum absolute atomic E-state index is 12.7. The normalized spacial score (nSPS) is 18.8. The van der Waals surface area contributed by atoms with Gasteiger partial charge in [-0.3, -0.25) is 9.69 Å². The summed E-state index contributed by atoms with van der Waals surface area (Å²) in [6, 6.07) is 11.4. The Hall–Kier alpha value is -2.84. The summed E-state index contributed by atoms with van der Waals surface area (Å²) in [6.45, 7) is 9.56. The predicted octanol–water partition coefficient (Wildman–Crippen LogP) is 2.84. The van der Waals surface area contributed by atoms with E-state index in [4.69, 9.17) is 14.2 Å². The molecular formula is C26H36N4O4. The van der Waals surface area contributed by atoms with Crippen LogP contribution in [0.2, 0.25) is 0 Å².